The minimum absolute atomic E-state index is 0.535. The van der Waals surface area contributed by atoms with E-state index in [1.165, 1.54) is 26.4 Å². The van der Waals surface area contributed by atoms with Gasteiger partial charge in [0.1, 0.15) is 10.1 Å². The molecule has 0 N–H and O–H groups in total. The van der Waals surface area contributed by atoms with Crippen LogP contribution in [0.4, 0.5) is 0 Å². The summed E-state index contributed by atoms with van der Waals surface area (Å²) in [5.41, 5.74) is 1.65. The Morgan fingerprint density at radius 3 is 2.40 bits per heavy atom. The third kappa shape index (κ3) is 3.35. The van der Waals surface area contributed by atoms with Gasteiger partial charge in [-0.1, -0.05) is 0 Å². The van der Waals surface area contributed by atoms with Gasteiger partial charge < -0.3 is 0 Å². The van der Waals surface area contributed by atoms with Gasteiger partial charge in [0.25, 0.3) is 0 Å². The first kappa shape index (κ1) is 17.4. The van der Waals surface area contributed by atoms with Gasteiger partial charge in [0.15, 0.2) is 5.84 Å². The molecule has 12 heteroatoms. The molecule has 0 fully saturated rings. The third-order valence-electron chi connectivity index (χ3n) is 3.32. The van der Waals surface area contributed by atoms with Crippen molar-refractivity contribution >= 4 is 34.1 Å². The van der Waals surface area contributed by atoms with Crippen LogP contribution in [-0.4, -0.2) is 59.4 Å². The average Bonchev–Trinajstić information content (AvgIpc) is 3.28. The molecule has 0 unspecified atom stereocenters. The second kappa shape index (κ2) is 7.19. The predicted molar refractivity (Wildman–Crippen MR) is 97.9 cm³/mol. The van der Waals surface area contributed by atoms with Gasteiger partial charge in [-0.25, -0.2) is 4.99 Å². The number of rotatable bonds is 5. The first-order valence-corrected chi connectivity index (χ1v) is 9.27. The summed E-state index contributed by atoms with van der Waals surface area (Å²) >= 11 is 0. The van der Waals surface area contributed by atoms with E-state index in [9.17, 15) is 0 Å². The van der Waals surface area contributed by atoms with Crippen LogP contribution in [0.3, 0.4) is 0 Å². The molecule has 3 aromatic heterocycles. The first-order valence-electron chi connectivity index (χ1n) is 7.12. The van der Waals surface area contributed by atoms with Crippen molar-refractivity contribution in [1.29, 1.82) is 0 Å². The highest BCUT2D eigenvalue weighted by molar-refractivity contribution is 8.76. The first-order chi connectivity index (χ1) is 12.0. The molecule has 0 saturated heterocycles. The van der Waals surface area contributed by atoms with Crippen molar-refractivity contribution < 1.29 is 0 Å². The number of amidine groups is 1. The molecule has 0 aliphatic carbocycles. The monoisotopic (exact) mass is 376 g/mol. The van der Waals surface area contributed by atoms with Gasteiger partial charge in [-0.2, -0.15) is 15.0 Å². The van der Waals surface area contributed by atoms with Crippen LogP contribution < -0.4 is 0 Å². The topological polar surface area (TPSA) is 104 Å². The normalized spacial score (nSPS) is 11.9. The second-order valence-electron chi connectivity index (χ2n) is 4.95. The zero-order valence-corrected chi connectivity index (χ0v) is 15.8. The van der Waals surface area contributed by atoms with E-state index in [0.717, 1.165) is 21.2 Å². The summed E-state index contributed by atoms with van der Waals surface area (Å²) < 4.78 is 3.56. The summed E-state index contributed by atoms with van der Waals surface area (Å²) in [6, 6.07) is 0. The molecule has 3 heterocycles. The number of aryl methyl sites for hydroxylation is 3. The molecular weight excluding hydrogens is 360 g/mol. The van der Waals surface area contributed by atoms with Crippen LogP contribution in [0.25, 0.3) is 11.4 Å². The lowest BCUT2D eigenvalue weighted by molar-refractivity contribution is 0.630. The van der Waals surface area contributed by atoms with Crippen LogP contribution >= 0.6 is 21.6 Å². The minimum Gasteiger partial charge on any atom is -0.270 e. The standard InChI is InChI=1S/C13H16N10S2/c1-14-10(15-2)8-6-16-21(3)12(8)24-25-13-9(7-17-22(13)4)11-18-20-23(5)19-11/h6-7H,1H2,2-5H3. The smallest absolute Gasteiger partial charge is 0.209 e. The van der Waals surface area contributed by atoms with E-state index in [1.54, 1.807) is 35.9 Å². The van der Waals surface area contributed by atoms with Crippen LogP contribution in [0, 0.1) is 0 Å². The van der Waals surface area contributed by atoms with E-state index in [-0.39, 0.29) is 0 Å². The maximum atomic E-state index is 4.31. The Balaban J connectivity index is 1.90. The highest BCUT2D eigenvalue weighted by Gasteiger charge is 2.19. The summed E-state index contributed by atoms with van der Waals surface area (Å²) in [5.74, 6) is 1.09. The van der Waals surface area contributed by atoms with Crippen molar-refractivity contribution in [2.24, 2.45) is 31.1 Å². The Labute approximate surface area is 151 Å². The molecule has 0 spiro atoms. The molecule has 0 atom stereocenters. The molecule has 3 rings (SSSR count). The molecule has 130 valence electrons. The van der Waals surface area contributed by atoms with Gasteiger partial charge in [0.2, 0.25) is 5.82 Å². The molecule has 25 heavy (non-hydrogen) atoms. The molecule has 0 saturated carbocycles. The second-order valence-corrected chi connectivity index (χ2v) is 7.06. The van der Waals surface area contributed by atoms with Crippen molar-refractivity contribution in [1.82, 2.24) is 39.8 Å². The number of aliphatic imine (C=N–C) groups is 2. The van der Waals surface area contributed by atoms with Crippen molar-refractivity contribution in [2.45, 2.75) is 10.1 Å². The highest BCUT2D eigenvalue weighted by Crippen LogP contribution is 2.42. The Bertz CT molecular complexity index is 935. The number of hydrogen-bond donors (Lipinski definition) is 0. The lowest BCUT2D eigenvalue weighted by Gasteiger charge is -2.06. The van der Waals surface area contributed by atoms with E-state index < -0.39 is 0 Å². The van der Waals surface area contributed by atoms with E-state index >= 15 is 0 Å². The Morgan fingerprint density at radius 2 is 1.76 bits per heavy atom. The fourth-order valence-corrected chi connectivity index (χ4v) is 4.70. The lowest BCUT2D eigenvalue weighted by atomic mass is 10.3. The fourth-order valence-electron chi connectivity index (χ4n) is 2.10. The number of tetrazole rings is 1. The zero-order chi connectivity index (χ0) is 18.0. The quantitative estimate of drug-likeness (QED) is 0.374. The number of aromatic nitrogens is 8. The summed E-state index contributed by atoms with van der Waals surface area (Å²) in [6.45, 7) is 3.57. The molecule has 0 bridgehead atoms. The minimum atomic E-state index is 0.535. The summed E-state index contributed by atoms with van der Waals surface area (Å²) in [6.07, 6.45) is 3.46. The SMILES string of the molecule is C=NC(=NC)c1cnn(C)c1SSc1c(-c2nnn(C)n2)cnn1C. The molecule has 10 nitrogen and oxygen atoms in total. The van der Waals surface area contributed by atoms with Crippen molar-refractivity contribution in [3.05, 3.63) is 18.0 Å². The van der Waals surface area contributed by atoms with Crippen LogP contribution in [0.5, 0.6) is 0 Å². The summed E-state index contributed by atoms with van der Waals surface area (Å²) in [7, 11) is 10.2. The van der Waals surface area contributed by atoms with Gasteiger partial charge in [0.05, 0.1) is 30.6 Å². The average molecular weight is 376 g/mol. The highest BCUT2D eigenvalue weighted by atomic mass is 33.1. The zero-order valence-electron chi connectivity index (χ0n) is 14.2. The summed E-state index contributed by atoms with van der Waals surface area (Å²) in [5, 5.41) is 22.6. The van der Waals surface area contributed by atoms with Crippen molar-refractivity contribution in [3.8, 4) is 11.4 Å². The maximum Gasteiger partial charge on any atom is 0.209 e. The third-order valence-corrected chi connectivity index (χ3v) is 5.88. The largest absolute Gasteiger partial charge is 0.270 e. The van der Waals surface area contributed by atoms with E-state index in [0.29, 0.717) is 11.7 Å². The van der Waals surface area contributed by atoms with Crippen LogP contribution in [0.1, 0.15) is 5.56 Å². The van der Waals surface area contributed by atoms with Gasteiger partial charge in [-0.3, -0.25) is 14.4 Å². The van der Waals surface area contributed by atoms with Gasteiger partial charge >= 0.3 is 0 Å². The van der Waals surface area contributed by atoms with Gasteiger partial charge in [-0.05, 0) is 33.5 Å². The number of hydrogen-bond acceptors (Lipinski definition) is 8. The molecule has 0 aromatic carbocycles. The van der Waals surface area contributed by atoms with Crippen LogP contribution in [0.15, 0.2) is 32.4 Å². The molecule has 0 amide bonds. The lowest BCUT2D eigenvalue weighted by Crippen LogP contribution is -1.99. The fraction of sp³-hybridized carbons (Fsp3) is 0.308. The van der Waals surface area contributed by atoms with E-state index in [1.807, 2.05) is 14.1 Å². The van der Waals surface area contributed by atoms with E-state index in [4.69, 9.17) is 0 Å². The maximum absolute atomic E-state index is 4.31. The number of nitrogens with zero attached hydrogens (tertiary/aromatic N) is 10. The summed E-state index contributed by atoms with van der Waals surface area (Å²) in [4.78, 5) is 9.52. The Hall–Kier alpha value is -2.47. The molecule has 0 aliphatic rings. The van der Waals surface area contributed by atoms with Gasteiger partial charge in [-0.15, -0.1) is 10.2 Å². The van der Waals surface area contributed by atoms with Crippen LogP contribution in [-0.2, 0) is 21.1 Å². The molecule has 0 radical (unpaired) electrons. The Kier molecular flexibility index (Phi) is 4.99. The van der Waals surface area contributed by atoms with Gasteiger partial charge in [0, 0.05) is 21.1 Å². The van der Waals surface area contributed by atoms with E-state index in [2.05, 4.69) is 42.3 Å². The Morgan fingerprint density at radius 1 is 1.08 bits per heavy atom. The molecule has 0 aliphatic heterocycles. The molecule has 3 aromatic rings. The van der Waals surface area contributed by atoms with Crippen LogP contribution in [0.2, 0.25) is 0 Å². The van der Waals surface area contributed by atoms with Crippen molar-refractivity contribution in [2.75, 3.05) is 7.05 Å². The predicted octanol–water partition coefficient (Wildman–Crippen LogP) is 1.22. The molecular formula is C13H16N10S2. The van der Waals surface area contributed by atoms with Crippen molar-refractivity contribution in [3.63, 3.8) is 0 Å².